The standard InChI is InChI=1S/C11H21NS2/c1-9-6-10(8-14-9)12-7-11-4-2-3-5-13-11/h9-12H,2-8H2,1H3. The highest BCUT2D eigenvalue weighted by molar-refractivity contribution is 8.00. The van der Waals surface area contributed by atoms with Crippen LogP contribution in [0.5, 0.6) is 0 Å². The molecule has 0 spiro atoms. The molecule has 2 heterocycles. The third kappa shape index (κ3) is 3.35. The zero-order valence-electron chi connectivity index (χ0n) is 9.00. The van der Waals surface area contributed by atoms with Gasteiger partial charge in [0, 0.05) is 28.8 Å². The molecule has 0 saturated carbocycles. The van der Waals surface area contributed by atoms with Crippen molar-refractivity contribution in [2.75, 3.05) is 18.1 Å². The van der Waals surface area contributed by atoms with Crippen LogP contribution in [0.1, 0.15) is 32.6 Å². The zero-order valence-corrected chi connectivity index (χ0v) is 10.6. The smallest absolute Gasteiger partial charge is 0.0172 e. The second-order valence-corrected chi connectivity index (χ2v) is 7.35. The lowest BCUT2D eigenvalue weighted by Crippen LogP contribution is -2.35. The number of rotatable bonds is 3. The predicted molar refractivity (Wildman–Crippen MR) is 68.4 cm³/mol. The summed E-state index contributed by atoms with van der Waals surface area (Å²) in [4.78, 5) is 0. The summed E-state index contributed by atoms with van der Waals surface area (Å²) >= 11 is 4.30. The van der Waals surface area contributed by atoms with Crippen molar-refractivity contribution in [3.05, 3.63) is 0 Å². The van der Waals surface area contributed by atoms with Gasteiger partial charge in [0.25, 0.3) is 0 Å². The van der Waals surface area contributed by atoms with Crippen LogP contribution in [0.4, 0.5) is 0 Å². The maximum absolute atomic E-state index is 3.74. The highest BCUT2D eigenvalue weighted by atomic mass is 32.2. The van der Waals surface area contributed by atoms with Crippen molar-refractivity contribution in [3.63, 3.8) is 0 Å². The fraction of sp³-hybridized carbons (Fsp3) is 1.00. The van der Waals surface area contributed by atoms with Gasteiger partial charge in [-0.25, -0.2) is 0 Å². The lowest BCUT2D eigenvalue weighted by atomic mass is 10.1. The van der Waals surface area contributed by atoms with Crippen LogP contribution < -0.4 is 5.32 Å². The predicted octanol–water partition coefficient (Wildman–Crippen LogP) is 2.76. The van der Waals surface area contributed by atoms with Gasteiger partial charge in [0.05, 0.1) is 0 Å². The van der Waals surface area contributed by atoms with Gasteiger partial charge in [-0.2, -0.15) is 23.5 Å². The van der Waals surface area contributed by atoms with E-state index in [-0.39, 0.29) is 0 Å². The third-order valence-corrected chi connectivity index (χ3v) is 5.86. The van der Waals surface area contributed by atoms with Gasteiger partial charge in [-0.1, -0.05) is 13.3 Å². The molecule has 1 nitrogen and oxygen atoms in total. The summed E-state index contributed by atoms with van der Waals surface area (Å²) in [7, 11) is 0. The summed E-state index contributed by atoms with van der Waals surface area (Å²) in [6.07, 6.45) is 5.71. The van der Waals surface area contributed by atoms with E-state index in [0.717, 1.165) is 16.5 Å². The van der Waals surface area contributed by atoms with E-state index in [1.165, 1.54) is 43.7 Å². The second kappa shape index (κ2) is 5.66. The van der Waals surface area contributed by atoms with Crippen molar-refractivity contribution in [1.29, 1.82) is 0 Å². The van der Waals surface area contributed by atoms with E-state index in [0.29, 0.717) is 0 Å². The van der Waals surface area contributed by atoms with Crippen molar-refractivity contribution < 1.29 is 0 Å². The number of nitrogens with one attached hydrogen (secondary N) is 1. The Morgan fingerprint density at radius 3 is 2.86 bits per heavy atom. The Morgan fingerprint density at radius 1 is 1.29 bits per heavy atom. The minimum atomic E-state index is 0.803. The first-order chi connectivity index (χ1) is 6.84. The normalized spacial score (nSPS) is 38.8. The van der Waals surface area contributed by atoms with E-state index in [1.54, 1.807) is 0 Å². The fourth-order valence-electron chi connectivity index (χ4n) is 2.23. The Bertz CT molecular complexity index is 164. The van der Waals surface area contributed by atoms with E-state index in [1.807, 2.05) is 0 Å². The summed E-state index contributed by atoms with van der Waals surface area (Å²) in [5.74, 6) is 2.72. The molecular weight excluding hydrogens is 210 g/mol. The molecule has 2 saturated heterocycles. The van der Waals surface area contributed by atoms with E-state index in [2.05, 4.69) is 35.8 Å². The van der Waals surface area contributed by atoms with Gasteiger partial charge in [-0.05, 0) is 25.0 Å². The topological polar surface area (TPSA) is 12.0 Å². The first-order valence-corrected chi connectivity index (χ1v) is 7.91. The van der Waals surface area contributed by atoms with Crippen LogP contribution in [0.25, 0.3) is 0 Å². The average Bonchev–Trinajstić information content (AvgIpc) is 2.63. The lowest BCUT2D eigenvalue weighted by Gasteiger charge is -2.23. The molecule has 14 heavy (non-hydrogen) atoms. The third-order valence-electron chi connectivity index (χ3n) is 3.11. The molecule has 3 heteroatoms. The molecule has 3 unspecified atom stereocenters. The van der Waals surface area contributed by atoms with Gasteiger partial charge in [0.2, 0.25) is 0 Å². The van der Waals surface area contributed by atoms with Crippen molar-refractivity contribution >= 4 is 23.5 Å². The summed E-state index contributed by atoms with van der Waals surface area (Å²) in [5.41, 5.74) is 0. The van der Waals surface area contributed by atoms with E-state index in [9.17, 15) is 0 Å². The maximum atomic E-state index is 3.74. The van der Waals surface area contributed by atoms with Gasteiger partial charge in [0.15, 0.2) is 0 Å². The molecular formula is C11H21NS2. The van der Waals surface area contributed by atoms with E-state index < -0.39 is 0 Å². The molecule has 3 atom stereocenters. The molecule has 0 radical (unpaired) electrons. The monoisotopic (exact) mass is 231 g/mol. The average molecular weight is 231 g/mol. The van der Waals surface area contributed by atoms with Crippen LogP contribution in [0, 0.1) is 0 Å². The molecule has 0 aliphatic carbocycles. The van der Waals surface area contributed by atoms with Gasteiger partial charge >= 0.3 is 0 Å². The SMILES string of the molecule is CC1CC(NCC2CCCCS2)CS1. The summed E-state index contributed by atoms with van der Waals surface area (Å²) < 4.78 is 0. The van der Waals surface area contributed by atoms with Crippen molar-refractivity contribution in [2.45, 2.75) is 49.1 Å². The maximum Gasteiger partial charge on any atom is 0.0172 e. The Balaban J connectivity index is 1.61. The zero-order chi connectivity index (χ0) is 9.80. The van der Waals surface area contributed by atoms with E-state index in [4.69, 9.17) is 0 Å². The molecule has 0 aromatic carbocycles. The first kappa shape index (κ1) is 11.2. The molecule has 0 aromatic heterocycles. The van der Waals surface area contributed by atoms with Gasteiger partial charge in [0.1, 0.15) is 0 Å². The van der Waals surface area contributed by atoms with E-state index >= 15 is 0 Å². The molecule has 1 N–H and O–H groups in total. The van der Waals surface area contributed by atoms with Crippen molar-refractivity contribution in [1.82, 2.24) is 5.32 Å². The Hall–Kier alpha value is 0.660. The van der Waals surface area contributed by atoms with Crippen molar-refractivity contribution in [2.24, 2.45) is 0 Å². The molecule has 0 amide bonds. The summed E-state index contributed by atoms with van der Waals surface area (Å²) in [5, 5.41) is 5.53. The van der Waals surface area contributed by atoms with Gasteiger partial charge in [-0.15, -0.1) is 0 Å². The Kier molecular flexibility index (Phi) is 4.51. The Morgan fingerprint density at radius 2 is 2.21 bits per heavy atom. The number of hydrogen-bond donors (Lipinski definition) is 1. The molecule has 2 rings (SSSR count). The first-order valence-electron chi connectivity index (χ1n) is 5.81. The number of hydrogen-bond acceptors (Lipinski definition) is 3. The molecule has 82 valence electrons. The molecule has 2 aliphatic heterocycles. The summed E-state index contributed by atoms with van der Waals surface area (Å²) in [6.45, 7) is 3.60. The quantitative estimate of drug-likeness (QED) is 0.802. The molecule has 0 aromatic rings. The lowest BCUT2D eigenvalue weighted by molar-refractivity contribution is 0.516. The largest absolute Gasteiger partial charge is 0.312 e. The number of thioether (sulfide) groups is 2. The molecule has 0 bridgehead atoms. The van der Waals surface area contributed by atoms with Crippen LogP contribution in [0.2, 0.25) is 0 Å². The van der Waals surface area contributed by atoms with Gasteiger partial charge < -0.3 is 5.32 Å². The minimum absolute atomic E-state index is 0.803. The van der Waals surface area contributed by atoms with Crippen LogP contribution >= 0.6 is 23.5 Å². The molecule has 2 aliphatic rings. The Labute approximate surface area is 96.2 Å². The van der Waals surface area contributed by atoms with Gasteiger partial charge in [-0.3, -0.25) is 0 Å². The van der Waals surface area contributed by atoms with Crippen LogP contribution in [-0.2, 0) is 0 Å². The minimum Gasteiger partial charge on any atom is -0.312 e. The summed E-state index contributed by atoms with van der Waals surface area (Å²) in [6, 6.07) is 0.803. The highest BCUT2D eigenvalue weighted by Crippen LogP contribution is 2.27. The van der Waals surface area contributed by atoms with Crippen LogP contribution in [-0.4, -0.2) is 34.6 Å². The van der Waals surface area contributed by atoms with Crippen LogP contribution in [0.15, 0.2) is 0 Å². The van der Waals surface area contributed by atoms with Crippen LogP contribution in [0.3, 0.4) is 0 Å². The molecule has 2 fully saturated rings. The second-order valence-electron chi connectivity index (χ2n) is 4.47. The van der Waals surface area contributed by atoms with Crippen molar-refractivity contribution in [3.8, 4) is 0 Å². The fourth-order valence-corrected chi connectivity index (χ4v) is 4.66. The highest BCUT2D eigenvalue weighted by Gasteiger charge is 2.22.